The second-order valence-electron chi connectivity index (χ2n) is 5.75. The fourth-order valence-electron chi connectivity index (χ4n) is 2.75. The van der Waals surface area contributed by atoms with E-state index in [0.29, 0.717) is 19.5 Å². The van der Waals surface area contributed by atoms with E-state index in [9.17, 15) is 9.59 Å². The smallest absolute Gasteiger partial charge is 0.315 e. The lowest BCUT2D eigenvalue weighted by atomic mass is 10.2. The molecule has 2 heterocycles. The van der Waals surface area contributed by atoms with Crippen LogP contribution >= 0.6 is 0 Å². The summed E-state index contributed by atoms with van der Waals surface area (Å²) >= 11 is 0. The van der Waals surface area contributed by atoms with Crippen LogP contribution < -0.4 is 15.5 Å². The van der Waals surface area contributed by atoms with Crippen LogP contribution in [0, 0.1) is 0 Å². The predicted octanol–water partition coefficient (Wildman–Crippen LogP) is 1.63. The topological polar surface area (TPSA) is 66.4 Å². The highest BCUT2D eigenvalue weighted by Crippen LogP contribution is 2.20. The number of carbonyl (C=O) groups excluding carboxylic acids is 2. The molecule has 1 atom stereocenters. The Balaban J connectivity index is 1.51. The number of urea groups is 1. The molecule has 3 amide bonds. The number of anilines is 1. The minimum Gasteiger partial charge on any atom is -0.357 e. The zero-order chi connectivity index (χ0) is 16.2. The molecule has 0 bridgehead atoms. The maximum absolute atomic E-state index is 12.1. The fourth-order valence-corrected chi connectivity index (χ4v) is 2.75. The third-order valence-electron chi connectivity index (χ3n) is 3.87. The third kappa shape index (κ3) is 3.71. The summed E-state index contributed by atoms with van der Waals surface area (Å²) in [5.74, 6) is 0.0320. The van der Waals surface area contributed by atoms with Gasteiger partial charge in [0.15, 0.2) is 0 Å². The molecule has 1 fully saturated rings. The average molecular weight is 312 g/mol. The van der Waals surface area contributed by atoms with E-state index in [1.54, 1.807) is 4.90 Å². The maximum Gasteiger partial charge on any atom is 0.315 e. The summed E-state index contributed by atoms with van der Waals surface area (Å²) in [7, 11) is 1.94. The van der Waals surface area contributed by atoms with E-state index in [4.69, 9.17) is 0 Å². The second kappa shape index (κ2) is 6.56. The molecule has 0 radical (unpaired) electrons. The molecular weight excluding hydrogens is 292 g/mol. The van der Waals surface area contributed by atoms with Gasteiger partial charge in [0.1, 0.15) is 0 Å². The minimum atomic E-state index is -0.249. The first-order chi connectivity index (χ1) is 11.1. The maximum atomic E-state index is 12.1. The molecule has 1 aromatic heterocycles. The second-order valence-corrected chi connectivity index (χ2v) is 5.75. The molecule has 3 rings (SSSR count). The van der Waals surface area contributed by atoms with Crippen molar-refractivity contribution in [1.29, 1.82) is 0 Å². The van der Waals surface area contributed by atoms with Crippen molar-refractivity contribution in [3.63, 3.8) is 0 Å². The highest BCUT2D eigenvalue weighted by atomic mass is 16.2. The van der Waals surface area contributed by atoms with E-state index in [1.807, 2.05) is 60.4 Å². The Morgan fingerprint density at radius 2 is 2.04 bits per heavy atom. The van der Waals surface area contributed by atoms with Gasteiger partial charge in [-0.05, 0) is 23.8 Å². The van der Waals surface area contributed by atoms with Crippen LogP contribution in [0.2, 0.25) is 0 Å². The number of amides is 3. The van der Waals surface area contributed by atoms with Crippen LogP contribution in [0.25, 0.3) is 0 Å². The van der Waals surface area contributed by atoms with Crippen molar-refractivity contribution in [2.45, 2.75) is 19.0 Å². The number of aryl methyl sites for hydroxylation is 1. The zero-order valence-corrected chi connectivity index (χ0v) is 13.0. The monoisotopic (exact) mass is 312 g/mol. The van der Waals surface area contributed by atoms with Crippen LogP contribution in [0.1, 0.15) is 12.0 Å². The molecule has 1 aromatic carbocycles. The van der Waals surface area contributed by atoms with Gasteiger partial charge in [-0.1, -0.05) is 18.2 Å². The van der Waals surface area contributed by atoms with Crippen molar-refractivity contribution in [2.75, 3.05) is 11.4 Å². The Morgan fingerprint density at radius 3 is 2.74 bits per heavy atom. The van der Waals surface area contributed by atoms with Gasteiger partial charge in [0.25, 0.3) is 0 Å². The first-order valence-electron chi connectivity index (χ1n) is 7.62. The molecule has 6 nitrogen and oxygen atoms in total. The van der Waals surface area contributed by atoms with Gasteiger partial charge in [-0.2, -0.15) is 0 Å². The lowest BCUT2D eigenvalue weighted by molar-refractivity contribution is -0.117. The normalized spacial score (nSPS) is 17.3. The summed E-state index contributed by atoms with van der Waals surface area (Å²) in [6.07, 6.45) is 4.21. The SMILES string of the molecule is Cn1ccc(CNC(=O)N[C@@H]2CC(=O)N(c3ccccc3)C2)c1. The van der Waals surface area contributed by atoms with Gasteiger partial charge in [-0.25, -0.2) is 4.79 Å². The Hall–Kier alpha value is -2.76. The number of nitrogens with one attached hydrogen (secondary N) is 2. The van der Waals surface area contributed by atoms with Crippen molar-refractivity contribution in [1.82, 2.24) is 15.2 Å². The summed E-state index contributed by atoms with van der Waals surface area (Å²) in [5, 5.41) is 5.68. The molecule has 0 spiro atoms. The molecule has 0 aliphatic carbocycles. The van der Waals surface area contributed by atoms with E-state index in [1.165, 1.54) is 0 Å². The van der Waals surface area contributed by atoms with Crippen LogP contribution in [0.15, 0.2) is 48.8 Å². The van der Waals surface area contributed by atoms with E-state index in [-0.39, 0.29) is 18.0 Å². The number of nitrogens with zero attached hydrogens (tertiary/aromatic N) is 2. The summed E-state index contributed by atoms with van der Waals surface area (Å²) in [5.41, 5.74) is 1.91. The van der Waals surface area contributed by atoms with E-state index in [0.717, 1.165) is 11.3 Å². The van der Waals surface area contributed by atoms with Gasteiger partial charge >= 0.3 is 6.03 Å². The van der Waals surface area contributed by atoms with Gasteiger partial charge in [0.05, 0.1) is 6.04 Å². The van der Waals surface area contributed by atoms with Crippen LogP contribution in [-0.4, -0.2) is 29.1 Å². The van der Waals surface area contributed by atoms with Gasteiger partial charge in [-0.3, -0.25) is 4.79 Å². The van der Waals surface area contributed by atoms with E-state index >= 15 is 0 Å². The number of benzene rings is 1. The number of para-hydroxylation sites is 1. The van der Waals surface area contributed by atoms with Crippen molar-refractivity contribution < 1.29 is 9.59 Å². The summed E-state index contributed by atoms with van der Waals surface area (Å²) in [6.45, 7) is 0.970. The largest absolute Gasteiger partial charge is 0.357 e. The third-order valence-corrected chi connectivity index (χ3v) is 3.87. The van der Waals surface area contributed by atoms with Gasteiger partial charge in [0.2, 0.25) is 5.91 Å². The Morgan fingerprint density at radius 1 is 1.26 bits per heavy atom. The highest BCUT2D eigenvalue weighted by Gasteiger charge is 2.31. The van der Waals surface area contributed by atoms with Gasteiger partial charge in [0, 0.05) is 44.6 Å². The van der Waals surface area contributed by atoms with Gasteiger partial charge < -0.3 is 20.1 Å². The molecule has 2 aromatic rings. The molecule has 0 unspecified atom stereocenters. The van der Waals surface area contributed by atoms with Gasteiger partial charge in [-0.15, -0.1) is 0 Å². The zero-order valence-electron chi connectivity index (χ0n) is 13.0. The molecule has 6 heteroatoms. The number of hydrogen-bond donors (Lipinski definition) is 2. The van der Waals surface area contributed by atoms with Crippen molar-refractivity contribution in [3.8, 4) is 0 Å². The molecule has 2 N–H and O–H groups in total. The summed E-state index contributed by atoms with van der Waals surface area (Å²) in [6, 6.07) is 11.0. The Kier molecular flexibility index (Phi) is 4.32. The Bertz CT molecular complexity index is 696. The minimum absolute atomic E-state index is 0.0320. The molecule has 1 aliphatic heterocycles. The molecule has 120 valence electrons. The van der Waals surface area contributed by atoms with Crippen molar-refractivity contribution in [3.05, 3.63) is 54.4 Å². The summed E-state index contributed by atoms with van der Waals surface area (Å²) < 4.78 is 1.93. The van der Waals surface area contributed by atoms with Crippen LogP contribution in [-0.2, 0) is 18.4 Å². The average Bonchev–Trinajstić information content (AvgIpc) is 3.12. The van der Waals surface area contributed by atoms with E-state index < -0.39 is 0 Å². The number of aromatic nitrogens is 1. The lowest BCUT2D eigenvalue weighted by Gasteiger charge is -2.17. The Labute approximate surface area is 135 Å². The van der Waals surface area contributed by atoms with Crippen molar-refractivity contribution in [2.24, 2.45) is 7.05 Å². The first kappa shape index (κ1) is 15.1. The van der Waals surface area contributed by atoms with E-state index in [2.05, 4.69) is 10.6 Å². The molecule has 0 saturated carbocycles. The van der Waals surface area contributed by atoms with Crippen molar-refractivity contribution >= 4 is 17.6 Å². The number of carbonyl (C=O) groups is 2. The molecule has 1 aliphatic rings. The molecular formula is C17H20N4O2. The molecule has 1 saturated heterocycles. The number of rotatable bonds is 4. The molecule has 23 heavy (non-hydrogen) atoms. The fraction of sp³-hybridized carbons (Fsp3) is 0.294. The standard InChI is InChI=1S/C17H20N4O2/c1-20-8-7-13(11-20)10-18-17(23)19-14-9-16(22)21(12-14)15-5-3-2-4-6-15/h2-8,11,14H,9-10,12H2,1H3,(H2,18,19,23)/t14-/m1/s1. The quantitative estimate of drug-likeness (QED) is 0.901. The lowest BCUT2D eigenvalue weighted by Crippen LogP contribution is -2.43. The van der Waals surface area contributed by atoms with Crippen LogP contribution in [0.5, 0.6) is 0 Å². The highest BCUT2D eigenvalue weighted by molar-refractivity contribution is 5.96. The predicted molar refractivity (Wildman–Crippen MR) is 88.0 cm³/mol. The van der Waals surface area contributed by atoms with Crippen LogP contribution in [0.4, 0.5) is 10.5 Å². The summed E-state index contributed by atoms with van der Waals surface area (Å²) in [4.78, 5) is 25.8. The first-order valence-corrected chi connectivity index (χ1v) is 7.62. The number of hydrogen-bond acceptors (Lipinski definition) is 2. The van der Waals surface area contributed by atoms with Crippen LogP contribution in [0.3, 0.4) is 0 Å².